The van der Waals surface area contributed by atoms with Crippen molar-refractivity contribution >= 4 is 5.91 Å². The monoisotopic (exact) mass is 240 g/mol. The molecular formula is C11H16N2O4. The van der Waals surface area contributed by atoms with Crippen molar-refractivity contribution in [1.29, 1.82) is 0 Å². The van der Waals surface area contributed by atoms with E-state index in [4.69, 9.17) is 14.0 Å². The molecule has 0 bridgehead atoms. The normalized spacial score (nSPS) is 22.6. The summed E-state index contributed by atoms with van der Waals surface area (Å²) in [6.45, 7) is 6.30. The lowest BCUT2D eigenvalue weighted by Gasteiger charge is -2.17. The average molecular weight is 240 g/mol. The van der Waals surface area contributed by atoms with Gasteiger partial charge in [-0.3, -0.25) is 4.79 Å². The minimum Gasteiger partial charge on any atom is -0.361 e. The Hall–Kier alpha value is -1.40. The van der Waals surface area contributed by atoms with Crippen LogP contribution in [0.5, 0.6) is 0 Å². The summed E-state index contributed by atoms with van der Waals surface area (Å²) < 4.78 is 15.8. The standard InChI is InChI=1S/C11H16N2O4/c1-7-4-9(13-17-7)10(14)12-5-8-6-15-11(2,3)16-8/h4,8H,5-6H2,1-3H3,(H,12,14). The highest BCUT2D eigenvalue weighted by Gasteiger charge is 2.32. The van der Waals surface area contributed by atoms with Crippen LogP contribution in [0.1, 0.15) is 30.1 Å². The molecule has 1 aromatic heterocycles. The van der Waals surface area contributed by atoms with Gasteiger partial charge in [0, 0.05) is 12.6 Å². The number of amides is 1. The summed E-state index contributed by atoms with van der Waals surface area (Å²) in [6.07, 6.45) is -0.123. The molecule has 17 heavy (non-hydrogen) atoms. The first-order chi connectivity index (χ1) is 7.96. The first-order valence-electron chi connectivity index (χ1n) is 5.49. The molecule has 1 unspecified atom stereocenters. The molecule has 0 saturated carbocycles. The summed E-state index contributed by atoms with van der Waals surface area (Å²) in [5.74, 6) is -0.230. The van der Waals surface area contributed by atoms with Crippen molar-refractivity contribution in [2.24, 2.45) is 0 Å². The predicted molar refractivity (Wildman–Crippen MR) is 58.5 cm³/mol. The number of nitrogens with one attached hydrogen (secondary N) is 1. The second-order valence-corrected chi connectivity index (χ2v) is 4.48. The molecule has 0 radical (unpaired) electrons. The molecule has 6 nitrogen and oxygen atoms in total. The van der Waals surface area contributed by atoms with Gasteiger partial charge in [0.05, 0.1) is 6.61 Å². The molecule has 2 heterocycles. The smallest absolute Gasteiger partial charge is 0.273 e. The van der Waals surface area contributed by atoms with Crippen molar-refractivity contribution in [3.8, 4) is 0 Å². The summed E-state index contributed by atoms with van der Waals surface area (Å²) in [5, 5.41) is 6.36. The van der Waals surface area contributed by atoms with E-state index in [1.165, 1.54) is 0 Å². The van der Waals surface area contributed by atoms with Gasteiger partial charge in [-0.05, 0) is 20.8 Å². The minimum atomic E-state index is -0.570. The topological polar surface area (TPSA) is 73.6 Å². The van der Waals surface area contributed by atoms with Crippen LogP contribution in [0.2, 0.25) is 0 Å². The van der Waals surface area contributed by atoms with Crippen molar-refractivity contribution in [1.82, 2.24) is 10.5 Å². The zero-order valence-electron chi connectivity index (χ0n) is 10.1. The lowest BCUT2D eigenvalue weighted by molar-refractivity contribution is -0.137. The third kappa shape index (κ3) is 3.04. The summed E-state index contributed by atoms with van der Waals surface area (Å²) >= 11 is 0. The second kappa shape index (κ2) is 4.46. The molecule has 1 N–H and O–H groups in total. The lowest BCUT2D eigenvalue weighted by Crippen LogP contribution is -2.34. The minimum absolute atomic E-state index is 0.123. The fourth-order valence-corrected chi connectivity index (χ4v) is 1.63. The number of carbonyl (C=O) groups is 1. The van der Waals surface area contributed by atoms with Gasteiger partial charge in [0.2, 0.25) is 0 Å². The van der Waals surface area contributed by atoms with Crippen LogP contribution < -0.4 is 5.32 Å². The van der Waals surface area contributed by atoms with Crippen molar-refractivity contribution in [2.75, 3.05) is 13.2 Å². The second-order valence-electron chi connectivity index (χ2n) is 4.48. The number of aryl methyl sites for hydroxylation is 1. The third-order valence-electron chi connectivity index (χ3n) is 2.42. The van der Waals surface area contributed by atoms with Crippen molar-refractivity contribution in [3.05, 3.63) is 17.5 Å². The molecule has 6 heteroatoms. The van der Waals surface area contributed by atoms with E-state index < -0.39 is 5.79 Å². The summed E-state index contributed by atoms with van der Waals surface area (Å²) in [4.78, 5) is 11.6. The Morgan fingerprint density at radius 1 is 1.65 bits per heavy atom. The number of nitrogens with zero attached hydrogens (tertiary/aromatic N) is 1. The molecule has 0 aromatic carbocycles. The van der Waals surface area contributed by atoms with Crippen molar-refractivity contribution in [2.45, 2.75) is 32.7 Å². The van der Waals surface area contributed by atoms with Crippen LogP contribution in [-0.4, -0.2) is 36.1 Å². The fraction of sp³-hybridized carbons (Fsp3) is 0.636. The Kier molecular flexibility index (Phi) is 3.17. The summed E-state index contributed by atoms with van der Waals surface area (Å²) in [6, 6.07) is 1.59. The first kappa shape index (κ1) is 12.1. The van der Waals surface area contributed by atoms with Gasteiger partial charge >= 0.3 is 0 Å². The molecule has 0 spiro atoms. The molecule has 1 saturated heterocycles. The largest absolute Gasteiger partial charge is 0.361 e. The number of aromatic nitrogens is 1. The highest BCUT2D eigenvalue weighted by molar-refractivity contribution is 5.92. The number of ether oxygens (including phenoxy) is 2. The summed E-state index contributed by atoms with van der Waals surface area (Å²) in [5.41, 5.74) is 0.278. The van der Waals surface area contributed by atoms with Gasteiger partial charge in [0.15, 0.2) is 11.5 Å². The van der Waals surface area contributed by atoms with Crippen LogP contribution in [0.25, 0.3) is 0 Å². The molecular weight excluding hydrogens is 224 g/mol. The number of rotatable bonds is 3. The Labute approximate surface area is 99.2 Å². The Bertz CT molecular complexity index is 413. The van der Waals surface area contributed by atoms with Crippen LogP contribution in [0.3, 0.4) is 0 Å². The summed E-state index contributed by atoms with van der Waals surface area (Å²) in [7, 11) is 0. The molecule has 1 aromatic rings. The quantitative estimate of drug-likeness (QED) is 0.848. The maximum absolute atomic E-state index is 11.6. The van der Waals surface area contributed by atoms with Crippen LogP contribution in [-0.2, 0) is 9.47 Å². The van der Waals surface area contributed by atoms with Crippen LogP contribution in [0.4, 0.5) is 0 Å². The van der Waals surface area contributed by atoms with Gasteiger partial charge in [0.1, 0.15) is 11.9 Å². The number of carbonyl (C=O) groups excluding carboxylic acids is 1. The van der Waals surface area contributed by atoms with E-state index >= 15 is 0 Å². The molecule has 1 aliphatic rings. The van der Waals surface area contributed by atoms with Gasteiger partial charge in [-0.25, -0.2) is 0 Å². The predicted octanol–water partition coefficient (Wildman–Crippen LogP) is 0.864. The number of hydrogen-bond donors (Lipinski definition) is 1. The lowest BCUT2D eigenvalue weighted by atomic mass is 10.3. The van der Waals surface area contributed by atoms with E-state index in [9.17, 15) is 4.79 Å². The maximum atomic E-state index is 11.6. The van der Waals surface area contributed by atoms with Gasteiger partial charge in [-0.15, -0.1) is 0 Å². The van der Waals surface area contributed by atoms with E-state index in [2.05, 4.69) is 10.5 Å². The third-order valence-corrected chi connectivity index (χ3v) is 2.42. The van der Waals surface area contributed by atoms with Crippen molar-refractivity contribution in [3.63, 3.8) is 0 Å². The SMILES string of the molecule is Cc1cc(C(=O)NCC2COC(C)(C)O2)no1. The highest BCUT2D eigenvalue weighted by atomic mass is 16.7. The molecule has 2 rings (SSSR count). The van der Waals surface area contributed by atoms with E-state index in [1.807, 2.05) is 13.8 Å². The van der Waals surface area contributed by atoms with Gasteiger partial charge in [0.25, 0.3) is 5.91 Å². The zero-order valence-corrected chi connectivity index (χ0v) is 10.1. The molecule has 1 amide bonds. The molecule has 1 fully saturated rings. The number of hydrogen-bond acceptors (Lipinski definition) is 5. The van der Waals surface area contributed by atoms with Crippen LogP contribution in [0, 0.1) is 6.92 Å². The van der Waals surface area contributed by atoms with Crippen molar-refractivity contribution < 1.29 is 18.8 Å². The van der Waals surface area contributed by atoms with Gasteiger partial charge in [-0.1, -0.05) is 5.16 Å². The molecule has 1 atom stereocenters. The zero-order chi connectivity index (χ0) is 12.5. The van der Waals surface area contributed by atoms with E-state index in [1.54, 1.807) is 13.0 Å². The van der Waals surface area contributed by atoms with E-state index in [0.717, 1.165) is 0 Å². The fourth-order valence-electron chi connectivity index (χ4n) is 1.63. The van der Waals surface area contributed by atoms with Crippen LogP contribution in [0.15, 0.2) is 10.6 Å². The van der Waals surface area contributed by atoms with Crippen LogP contribution >= 0.6 is 0 Å². The van der Waals surface area contributed by atoms with Gasteiger partial charge in [-0.2, -0.15) is 0 Å². The van der Waals surface area contributed by atoms with E-state index in [0.29, 0.717) is 18.9 Å². The average Bonchev–Trinajstić information content (AvgIpc) is 2.81. The first-order valence-corrected chi connectivity index (χ1v) is 5.49. The molecule has 94 valence electrons. The van der Waals surface area contributed by atoms with E-state index in [-0.39, 0.29) is 17.7 Å². The Morgan fingerprint density at radius 3 is 2.94 bits per heavy atom. The van der Waals surface area contributed by atoms with Gasteiger partial charge < -0.3 is 19.3 Å². The Morgan fingerprint density at radius 2 is 2.41 bits per heavy atom. The molecule has 0 aliphatic carbocycles. The Balaban J connectivity index is 1.81. The maximum Gasteiger partial charge on any atom is 0.273 e. The highest BCUT2D eigenvalue weighted by Crippen LogP contribution is 2.21. The molecule has 1 aliphatic heterocycles.